The van der Waals surface area contributed by atoms with Crippen LogP contribution >= 0.6 is 11.3 Å². The van der Waals surface area contributed by atoms with E-state index in [0.29, 0.717) is 12.5 Å². The Balaban J connectivity index is 2.18. The highest BCUT2D eigenvalue weighted by Crippen LogP contribution is 2.30. The summed E-state index contributed by atoms with van der Waals surface area (Å²) in [6.45, 7) is 11.0. The Morgan fingerprint density at radius 1 is 1.18 bits per heavy atom. The topological polar surface area (TPSA) is 29.1 Å². The normalized spacial score (nSPS) is 11.7. The number of carbonyl (C=O) groups is 1. The summed E-state index contributed by atoms with van der Waals surface area (Å²) in [6.07, 6.45) is 0. The molecule has 0 saturated heterocycles. The van der Waals surface area contributed by atoms with Crippen LogP contribution in [0.3, 0.4) is 0 Å². The molecule has 1 aromatic carbocycles. The summed E-state index contributed by atoms with van der Waals surface area (Å²) in [4.78, 5) is 12.4. The van der Waals surface area contributed by atoms with Crippen molar-refractivity contribution in [2.45, 2.75) is 40.0 Å². The number of nitrogens with one attached hydrogen (secondary N) is 1. The van der Waals surface area contributed by atoms with Crippen LogP contribution in [0.15, 0.2) is 35.0 Å². The minimum absolute atomic E-state index is 0.0839. The molecular formula is C19H25NOS. The van der Waals surface area contributed by atoms with Crippen LogP contribution in [0.1, 0.15) is 38.8 Å². The molecule has 118 valence electrons. The first-order valence-electron chi connectivity index (χ1n) is 7.74. The standard InChI is InChI=1S/C19H25NOS/c1-13(2)10-20-18(21)19(4,5)16-8-6-15(7-9-16)17-12-22-11-14(17)3/h6-9,11-13H,10H2,1-5H3,(H,20,21). The van der Waals surface area contributed by atoms with Gasteiger partial charge in [0.25, 0.3) is 0 Å². The predicted molar refractivity (Wildman–Crippen MR) is 95.4 cm³/mol. The summed E-state index contributed by atoms with van der Waals surface area (Å²) < 4.78 is 0. The molecule has 0 atom stereocenters. The van der Waals surface area contributed by atoms with Gasteiger partial charge in [-0.05, 0) is 59.7 Å². The second kappa shape index (κ2) is 6.66. The van der Waals surface area contributed by atoms with Crippen molar-refractivity contribution in [3.63, 3.8) is 0 Å². The summed E-state index contributed by atoms with van der Waals surface area (Å²) in [5, 5.41) is 7.37. The Morgan fingerprint density at radius 3 is 2.32 bits per heavy atom. The van der Waals surface area contributed by atoms with Crippen LogP contribution in [-0.2, 0) is 10.2 Å². The highest BCUT2D eigenvalue weighted by atomic mass is 32.1. The van der Waals surface area contributed by atoms with E-state index in [1.54, 1.807) is 11.3 Å². The molecule has 2 rings (SSSR count). The summed E-state index contributed by atoms with van der Waals surface area (Å²) in [6, 6.07) is 8.37. The predicted octanol–water partition coefficient (Wildman–Crippen LogP) is 4.77. The molecule has 1 amide bonds. The van der Waals surface area contributed by atoms with Gasteiger partial charge >= 0.3 is 0 Å². The minimum Gasteiger partial charge on any atom is -0.355 e. The van der Waals surface area contributed by atoms with E-state index in [9.17, 15) is 4.79 Å². The van der Waals surface area contributed by atoms with Crippen LogP contribution in [0, 0.1) is 12.8 Å². The molecule has 0 saturated carbocycles. The molecule has 2 aromatic rings. The monoisotopic (exact) mass is 315 g/mol. The number of hydrogen-bond donors (Lipinski definition) is 1. The number of benzene rings is 1. The largest absolute Gasteiger partial charge is 0.355 e. The lowest BCUT2D eigenvalue weighted by atomic mass is 9.83. The van der Waals surface area contributed by atoms with Crippen molar-refractivity contribution in [3.05, 3.63) is 46.2 Å². The molecule has 0 fully saturated rings. The molecule has 2 nitrogen and oxygen atoms in total. The van der Waals surface area contributed by atoms with Gasteiger partial charge in [0.2, 0.25) is 5.91 Å². The quantitative estimate of drug-likeness (QED) is 0.846. The van der Waals surface area contributed by atoms with E-state index >= 15 is 0 Å². The van der Waals surface area contributed by atoms with Crippen molar-refractivity contribution in [1.82, 2.24) is 5.32 Å². The first kappa shape index (κ1) is 16.8. The Labute approximate surface area is 137 Å². The lowest BCUT2D eigenvalue weighted by Gasteiger charge is -2.25. The molecule has 1 N–H and O–H groups in total. The lowest BCUT2D eigenvalue weighted by molar-refractivity contribution is -0.125. The van der Waals surface area contributed by atoms with E-state index in [2.05, 4.69) is 61.1 Å². The van der Waals surface area contributed by atoms with Gasteiger partial charge in [-0.2, -0.15) is 11.3 Å². The van der Waals surface area contributed by atoms with E-state index in [0.717, 1.165) is 5.56 Å². The van der Waals surface area contributed by atoms with Gasteiger partial charge in [0.1, 0.15) is 0 Å². The van der Waals surface area contributed by atoms with Crippen LogP contribution in [-0.4, -0.2) is 12.5 Å². The van der Waals surface area contributed by atoms with Gasteiger partial charge in [0.15, 0.2) is 0 Å². The third-order valence-corrected chi connectivity index (χ3v) is 4.87. The van der Waals surface area contributed by atoms with Gasteiger partial charge in [-0.1, -0.05) is 38.1 Å². The molecule has 1 heterocycles. The molecule has 0 aliphatic heterocycles. The molecule has 0 aliphatic rings. The molecular weight excluding hydrogens is 290 g/mol. The molecule has 0 unspecified atom stereocenters. The fraction of sp³-hybridized carbons (Fsp3) is 0.421. The highest BCUT2D eigenvalue weighted by molar-refractivity contribution is 7.08. The van der Waals surface area contributed by atoms with E-state index < -0.39 is 5.41 Å². The van der Waals surface area contributed by atoms with Crippen LogP contribution in [0.25, 0.3) is 11.1 Å². The van der Waals surface area contributed by atoms with Crippen LogP contribution < -0.4 is 5.32 Å². The zero-order valence-corrected chi connectivity index (χ0v) is 14.9. The number of amides is 1. The van der Waals surface area contributed by atoms with Crippen LogP contribution in [0.4, 0.5) is 0 Å². The molecule has 3 heteroatoms. The number of rotatable bonds is 5. The smallest absolute Gasteiger partial charge is 0.230 e. The third kappa shape index (κ3) is 3.58. The fourth-order valence-corrected chi connectivity index (χ4v) is 3.23. The first-order chi connectivity index (χ1) is 10.3. The summed E-state index contributed by atoms with van der Waals surface area (Å²) in [5.41, 5.74) is 4.31. The second-order valence-electron chi connectivity index (χ2n) is 6.77. The van der Waals surface area contributed by atoms with Crippen LogP contribution in [0.2, 0.25) is 0 Å². The number of thiophene rings is 1. The molecule has 0 bridgehead atoms. The van der Waals surface area contributed by atoms with Gasteiger partial charge in [0, 0.05) is 6.54 Å². The Hall–Kier alpha value is -1.61. The van der Waals surface area contributed by atoms with Gasteiger partial charge in [-0.25, -0.2) is 0 Å². The summed E-state index contributed by atoms with van der Waals surface area (Å²) in [5.74, 6) is 0.546. The average Bonchev–Trinajstić information content (AvgIpc) is 2.91. The SMILES string of the molecule is Cc1cscc1-c1ccc(C(C)(C)C(=O)NCC(C)C)cc1. The van der Waals surface area contributed by atoms with Crippen molar-refractivity contribution >= 4 is 17.2 Å². The van der Waals surface area contributed by atoms with Crippen LogP contribution in [0.5, 0.6) is 0 Å². The van der Waals surface area contributed by atoms with E-state index in [4.69, 9.17) is 0 Å². The zero-order valence-electron chi connectivity index (χ0n) is 14.1. The van der Waals surface area contributed by atoms with Gasteiger partial charge in [0.05, 0.1) is 5.41 Å². The molecule has 0 radical (unpaired) electrons. The number of hydrogen-bond acceptors (Lipinski definition) is 2. The Bertz CT molecular complexity index is 638. The molecule has 1 aromatic heterocycles. The van der Waals surface area contributed by atoms with Crippen molar-refractivity contribution in [2.24, 2.45) is 5.92 Å². The second-order valence-corrected chi connectivity index (χ2v) is 7.52. The minimum atomic E-state index is -0.517. The van der Waals surface area contributed by atoms with E-state index in [-0.39, 0.29) is 5.91 Å². The maximum Gasteiger partial charge on any atom is 0.230 e. The first-order valence-corrected chi connectivity index (χ1v) is 8.68. The van der Waals surface area contributed by atoms with Crippen molar-refractivity contribution in [3.8, 4) is 11.1 Å². The Morgan fingerprint density at radius 2 is 1.82 bits per heavy atom. The molecule has 22 heavy (non-hydrogen) atoms. The van der Waals surface area contributed by atoms with Crippen molar-refractivity contribution in [1.29, 1.82) is 0 Å². The van der Waals surface area contributed by atoms with Gasteiger partial charge in [-0.15, -0.1) is 0 Å². The average molecular weight is 315 g/mol. The fourth-order valence-electron chi connectivity index (χ4n) is 2.37. The molecule has 0 aliphatic carbocycles. The van der Waals surface area contributed by atoms with Crippen molar-refractivity contribution < 1.29 is 4.79 Å². The molecule has 0 spiro atoms. The number of carbonyl (C=O) groups excluding carboxylic acids is 1. The highest BCUT2D eigenvalue weighted by Gasteiger charge is 2.29. The number of aryl methyl sites for hydroxylation is 1. The zero-order chi connectivity index (χ0) is 16.3. The van der Waals surface area contributed by atoms with Crippen molar-refractivity contribution in [2.75, 3.05) is 6.54 Å². The van der Waals surface area contributed by atoms with Gasteiger partial charge in [-0.3, -0.25) is 4.79 Å². The van der Waals surface area contributed by atoms with E-state index in [1.807, 2.05) is 13.8 Å². The van der Waals surface area contributed by atoms with E-state index in [1.165, 1.54) is 16.7 Å². The lowest BCUT2D eigenvalue weighted by Crippen LogP contribution is -2.41. The third-order valence-electron chi connectivity index (χ3n) is 4.01. The Kier molecular flexibility index (Phi) is 5.07. The maximum atomic E-state index is 12.4. The van der Waals surface area contributed by atoms with Gasteiger partial charge < -0.3 is 5.32 Å². The maximum absolute atomic E-state index is 12.4. The summed E-state index contributed by atoms with van der Waals surface area (Å²) >= 11 is 1.72. The summed E-state index contributed by atoms with van der Waals surface area (Å²) in [7, 11) is 0.